The molecule has 0 aliphatic heterocycles. The molecule has 0 aliphatic carbocycles. The van der Waals surface area contributed by atoms with Gasteiger partial charge in [-0.25, -0.2) is 4.39 Å². The highest BCUT2D eigenvalue weighted by Crippen LogP contribution is 2.27. The minimum Gasteiger partial charge on any atom is -0.314 e. The first-order valence-corrected chi connectivity index (χ1v) is 8.08. The van der Waals surface area contributed by atoms with E-state index in [-0.39, 0.29) is 5.82 Å². The topological polar surface area (TPSA) is 12.0 Å². The fourth-order valence-electron chi connectivity index (χ4n) is 2.38. The highest BCUT2D eigenvalue weighted by molar-refractivity contribution is 9.10. The van der Waals surface area contributed by atoms with Crippen molar-refractivity contribution in [2.45, 2.75) is 32.2 Å². The maximum Gasteiger partial charge on any atom is 0.137 e. The summed E-state index contributed by atoms with van der Waals surface area (Å²) in [5.41, 5.74) is 2.29. The van der Waals surface area contributed by atoms with Gasteiger partial charge in [-0.1, -0.05) is 56.3 Å². The molecule has 1 N–H and O–H groups in total. The molecule has 0 bridgehead atoms. The van der Waals surface area contributed by atoms with Crippen molar-refractivity contribution in [3.8, 4) is 0 Å². The summed E-state index contributed by atoms with van der Waals surface area (Å²) in [4.78, 5) is 0. The lowest BCUT2D eigenvalue weighted by Gasteiger charge is -2.20. The van der Waals surface area contributed by atoms with Gasteiger partial charge in [-0.2, -0.15) is 0 Å². The number of benzene rings is 2. The van der Waals surface area contributed by atoms with Gasteiger partial charge in [-0.15, -0.1) is 0 Å². The van der Waals surface area contributed by atoms with E-state index in [0.29, 0.717) is 16.4 Å². The first kappa shape index (κ1) is 16.2. The van der Waals surface area contributed by atoms with Crippen molar-refractivity contribution >= 4 is 15.9 Å². The molecule has 21 heavy (non-hydrogen) atoms. The van der Waals surface area contributed by atoms with Crippen molar-refractivity contribution in [3.63, 3.8) is 0 Å². The smallest absolute Gasteiger partial charge is 0.137 e. The molecule has 0 aromatic heterocycles. The molecule has 2 aromatic rings. The third-order valence-corrected chi connectivity index (χ3v) is 4.43. The lowest BCUT2D eigenvalue weighted by molar-refractivity contribution is 0.525. The second kappa shape index (κ2) is 7.71. The van der Waals surface area contributed by atoms with Crippen molar-refractivity contribution < 1.29 is 4.39 Å². The molecule has 1 nitrogen and oxygen atoms in total. The summed E-state index contributed by atoms with van der Waals surface area (Å²) in [6.07, 6.45) is 0.808. The Balaban J connectivity index is 2.21. The zero-order valence-corrected chi connectivity index (χ0v) is 14.0. The second-order valence-corrected chi connectivity index (χ2v) is 6.38. The molecule has 0 saturated heterocycles. The average molecular weight is 350 g/mol. The summed E-state index contributed by atoms with van der Waals surface area (Å²) in [5, 5.41) is 3.49. The van der Waals surface area contributed by atoms with Crippen LogP contribution in [0.4, 0.5) is 4.39 Å². The van der Waals surface area contributed by atoms with Crippen LogP contribution in [0.2, 0.25) is 0 Å². The zero-order valence-electron chi connectivity index (χ0n) is 12.4. The van der Waals surface area contributed by atoms with Crippen molar-refractivity contribution in [1.82, 2.24) is 5.32 Å². The highest BCUT2D eigenvalue weighted by atomic mass is 79.9. The van der Waals surface area contributed by atoms with Gasteiger partial charge in [0.25, 0.3) is 0 Å². The van der Waals surface area contributed by atoms with Crippen LogP contribution in [0.5, 0.6) is 0 Å². The van der Waals surface area contributed by atoms with Gasteiger partial charge in [0.15, 0.2) is 0 Å². The van der Waals surface area contributed by atoms with E-state index in [4.69, 9.17) is 0 Å². The van der Waals surface area contributed by atoms with E-state index in [9.17, 15) is 4.39 Å². The number of hydrogen-bond donors (Lipinski definition) is 1. The Bertz CT molecular complexity index is 569. The van der Waals surface area contributed by atoms with Gasteiger partial charge in [0, 0.05) is 18.5 Å². The quantitative estimate of drug-likeness (QED) is 0.780. The van der Waals surface area contributed by atoms with Crippen LogP contribution in [0.3, 0.4) is 0 Å². The molecule has 1 unspecified atom stereocenters. The van der Waals surface area contributed by atoms with E-state index in [2.05, 4.69) is 59.4 Å². The third kappa shape index (κ3) is 4.65. The predicted molar refractivity (Wildman–Crippen MR) is 90.1 cm³/mol. The first-order chi connectivity index (χ1) is 10.1. The SMILES string of the molecule is CC(C)NCC(Cc1cccc(F)c1Br)c1ccccc1. The van der Waals surface area contributed by atoms with Gasteiger partial charge in [-0.3, -0.25) is 0 Å². The molecule has 2 rings (SSSR count). The lowest BCUT2D eigenvalue weighted by atomic mass is 9.91. The maximum absolute atomic E-state index is 13.7. The number of hydrogen-bond acceptors (Lipinski definition) is 1. The Morgan fingerprint density at radius 1 is 1.05 bits per heavy atom. The standard InChI is InChI=1S/C18H21BrFN/c1-13(2)21-12-16(14-7-4-3-5-8-14)11-15-9-6-10-17(20)18(15)19/h3-10,13,16,21H,11-12H2,1-2H3. The summed E-state index contributed by atoms with van der Waals surface area (Å²) < 4.78 is 14.3. The second-order valence-electron chi connectivity index (χ2n) is 5.59. The Hall–Kier alpha value is -1.19. The summed E-state index contributed by atoms with van der Waals surface area (Å²) in [6.45, 7) is 5.16. The molecule has 0 spiro atoms. The minimum absolute atomic E-state index is 0.198. The molecular formula is C18H21BrFN. The van der Waals surface area contributed by atoms with Crippen LogP contribution in [0.25, 0.3) is 0 Å². The Morgan fingerprint density at radius 2 is 1.76 bits per heavy atom. The third-order valence-electron chi connectivity index (χ3n) is 3.54. The minimum atomic E-state index is -0.198. The first-order valence-electron chi connectivity index (χ1n) is 7.29. The zero-order chi connectivity index (χ0) is 15.2. The van der Waals surface area contributed by atoms with E-state index >= 15 is 0 Å². The largest absolute Gasteiger partial charge is 0.314 e. The van der Waals surface area contributed by atoms with Crippen LogP contribution < -0.4 is 5.32 Å². The molecule has 3 heteroatoms. The van der Waals surface area contributed by atoms with Gasteiger partial charge in [0.1, 0.15) is 5.82 Å². The summed E-state index contributed by atoms with van der Waals surface area (Å²) in [7, 11) is 0. The fraction of sp³-hybridized carbons (Fsp3) is 0.333. The predicted octanol–water partition coefficient (Wildman–Crippen LogP) is 4.91. The van der Waals surface area contributed by atoms with Crippen LogP contribution in [-0.4, -0.2) is 12.6 Å². The van der Waals surface area contributed by atoms with Crippen molar-refractivity contribution in [2.24, 2.45) is 0 Å². The molecule has 0 fully saturated rings. The van der Waals surface area contributed by atoms with Crippen molar-refractivity contribution in [3.05, 3.63) is 69.9 Å². The number of rotatable bonds is 6. The van der Waals surface area contributed by atoms with Crippen molar-refractivity contribution in [2.75, 3.05) is 6.54 Å². The van der Waals surface area contributed by atoms with Gasteiger partial charge in [0.05, 0.1) is 4.47 Å². The summed E-state index contributed by atoms with van der Waals surface area (Å²) >= 11 is 3.37. The Labute approximate surface area is 134 Å². The number of halogens is 2. The number of nitrogens with one attached hydrogen (secondary N) is 1. The average Bonchev–Trinajstić information content (AvgIpc) is 2.48. The summed E-state index contributed by atoms with van der Waals surface area (Å²) in [5.74, 6) is 0.128. The van der Waals surface area contributed by atoms with E-state index in [1.165, 1.54) is 11.6 Å². The Morgan fingerprint density at radius 3 is 2.43 bits per heavy atom. The van der Waals surface area contributed by atoms with Gasteiger partial charge >= 0.3 is 0 Å². The molecule has 2 aromatic carbocycles. The van der Waals surface area contributed by atoms with Crippen LogP contribution in [0.1, 0.15) is 30.9 Å². The molecular weight excluding hydrogens is 329 g/mol. The van der Waals surface area contributed by atoms with Crippen LogP contribution in [-0.2, 0) is 6.42 Å². The monoisotopic (exact) mass is 349 g/mol. The lowest BCUT2D eigenvalue weighted by Crippen LogP contribution is -2.29. The van der Waals surface area contributed by atoms with Crippen molar-refractivity contribution in [1.29, 1.82) is 0 Å². The van der Waals surface area contributed by atoms with Gasteiger partial charge in [-0.05, 0) is 39.5 Å². The van der Waals surface area contributed by atoms with Gasteiger partial charge in [0.2, 0.25) is 0 Å². The van der Waals surface area contributed by atoms with Gasteiger partial charge < -0.3 is 5.32 Å². The van der Waals surface area contributed by atoms with Crippen LogP contribution in [0, 0.1) is 5.82 Å². The van der Waals surface area contributed by atoms with Crippen LogP contribution >= 0.6 is 15.9 Å². The Kier molecular flexibility index (Phi) is 5.95. The highest BCUT2D eigenvalue weighted by Gasteiger charge is 2.15. The van der Waals surface area contributed by atoms with E-state index < -0.39 is 0 Å². The molecule has 112 valence electrons. The molecule has 0 aliphatic rings. The molecule has 0 radical (unpaired) electrons. The fourth-order valence-corrected chi connectivity index (χ4v) is 2.81. The molecule has 0 heterocycles. The van der Waals surface area contributed by atoms with Crippen LogP contribution in [0.15, 0.2) is 53.0 Å². The molecule has 1 atom stereocenters. The van der Waals surface area contributed by atoms with E-state index in [0.717, 1.165) is 18.5 Å². The molecule has 0 saturated carbocycles. The van der Waals surface area contributed by atoms with E-state index in [1.807, 2.05) is 12.1 Å². The van der Waals surface area contributed by atoms with E-state index in [1.54, 1.807) is 6.07 Å². The summed E-state index contributed by atoms with van der Waals surface area (Å²) in [6, 6.07) is 16.1. The molecule has 0 amide bonds. The maximum atomic E-state index is 13.7. The normalized spacial score (nSPS) is 12.6.